The van der Waals surface area contributed by atoms with E-state index in [0.717, 1.165) is 12.0 Å². The van der Waals surface area contributed by atoms with Crippen LogP contribution in [0.2, 0.25) is 0 Å². The summed E-state index contributed by atoms with van der Waals surface area (Å²) in [6.45, 7) is 9.09. The number of halogens is 1. The van der Waals surface area contributed by atoms with Crippen LogP contribution in [-0.4, -0.2) is 0 Å². The lowest BCUT2D eigenvalue weighted by Gasteiger charge is -2.27. The summed E-state index contributed by atoms with van der Waals surface area (Å²) in [6.07, 6.45) is 15.3. The molecule has 0 spiro atoms. The lowest BCUT2D eigenvalue weighted by atomic mass is 9.78. The van der Waals surface area contributed by atoms with Crippen LogP contribution in [-0.2, 0) is 5.41 Å². The van der Waals surface area contributed by atoms with Gasteiger partial charge in [-0.15, -0.1) is 0 Å². The summed E-state index contributed by atoms with van der Waals surface area (Å²) in [5.41, 5.74) is 9.55. The van der Waals surface area contributed by atoms with Gasteiger partial charge in [-0.2, -0.15) is 0 Å². The Morgan fingerprint density at radius 2 is 1.96 bits per heavy atom. The van der Waals surface area contributed by atoms with Crippen molar-refractivity contribution >= 4 is 39.7 Å². The van der Waals surface area contributed by atoms with Gasteiger partial charge in [-0.3, -0.25) is 3.11 Å². The van der Waals surface area contributed by atoms with E-state index < -0.39 is 0 Å². The van der Waals surface area contributed by atoms with E-state index in [0.29, 0.717) is 0 Å². The second kappa shape index (κ2) is 5.23. The Morgan fingerprint density at radius 3 is 2.78 bits per heavy atom. The van der Waals surface area contributed by atoms with Gasteiger partial charge in [0.15, 0.2) is 0 Å². The summed E-state index contributed by atoms with van der Waals surface area (Å²) in [6, 6.07) is 4.57. The largest absolute Gasteiger partial charge is 0.290 e. The maximum atomic E-state index is 4.36. The second-order valence-corrected chi connectivity index (χ2v) is 7.92. The highest BCUT2D eigenvalue weighted by Crippen LogP contribution is 2.54. The Labute approximate surface area is 152 Å². The van der Waals surface area contributed by atoms with Crippen LogP contribution in [0.25, 0.3) is 11.1 Å². The molecule has 0 fully saturated rings. The minimum absolute atomic E-state index is 0.114. The molecule has 2 aliphatic carbocycles. The van der Waals surface area contributed by atoms with Crippen molar-refractivity contribution in [1.82, 2.24) is 0 Å². The Hall–Kier alpha value is -1.55. The number of allylic oxidation sites excluding steroid dienone is 8. The molecule has 4 rings (SSSR count). The van der Waals surface area contributed by atoms with Crippen LogP contribution in [0.1, 0.15) is 43.4 Å². The fourth-order valence-electron chi connectivity index (χ4n) is 4.07. The third-order valence-corrected chi connectivity index (χ3v) is 6.07. The first kappa shape index (κ1) is 15.0. The van der Waals surface area contributed by atoms with Crippen molar-refractivity contribution in [3.8, 4) is 0 Å². The van der Waals surface area contributed by atoms with Gasteiger partial charge < -0.3 is 0 Å². The van der Waals surface area contributed by atoms with Crippen LogP contribution in [0, 0.1) is 0 Å². The molecule has 1 aromatic carbocycles. The van der Waals surface area contributed by atoms with E-state index in [1.54, 1.807) is 5.57 Å². The molecule has 0 unspecified atom stereocenters. The van der Waals surface area contributed by atoms with Crippen molar-refractivity contribution in [2.45, 2.75) is 32.1 Å². The van der Waals surface area contributed by atoms with Crippen LogP contribution in [0.3, 0.4) is 0 Å². The molecule has 1 heterocycles. The average Bonchev–Trinajstić information content (AvgIpc) is 2.78. The molecule has 0 atom stereocenters. The molecule has 0 radical (unpaired) electrons. The Balaban J connectivity index is 2.07. The zero-order chi connectivity index (χ0) is 16.2. The van der Waals surface area contributed by atoms with E-state index in [-0.39, 0.29) is 5.41 Å². The first-order valence-corrected chi connectivity index (χ1v) is 9.05. The highest BCUT2D eigenvalue weighted by Gasteiger charge is 2.39. The van der Waals surface area contributed by atoms with E-state index in [9.17, 15) is 0 Å². The van der Waals surface area contributed by atoms with Crippen molar-refractivity contribution in [3.63, 3.8) is 0 Å². The maximum absolute atomic E-state index is 4.36. The molecule has 23 heavy (non-hydrogen) atoms. The highest BCUT2D eigenvalue weighted by atomic mass is 127. The van der Waals surface area contributed by atoms with Gasteiger partial charge in [0.05, 0.1) is 28.6 Å². The zero-order valence-electron chi connectivity index (χ0n) is 13.6. The van der Waals surface area contributed by atoms with Crippen LogP contribution in [0.4, 0.5) is 5.69 Å². The van der Waals surface area contributed by atoms with Crippen LogP contribution >= 0.6 is 22.9 Å². The summed E-state index contributed by atoms with van der Waals surface area (Å²) < 4.78 is 2.17. The molecule has 3 aliphatic rings. The summed E-state index contributed by atoms with van der Waals surface area (Å²) >= 11 is 2.36. The molecule has 1 aliphatic heterocycles. The van der Waals surface area contributed by atoms with Gasteiger partial charge >= 0.3 is 0 Å². The van der Waals surface area contributed by atoms with Crippen LogP contribution in [0.5, 0.6) is 0 Å². The molecule has 0 amide bonds. The number of benzene rings is 1. The lowest BCUT2D eigenvalue weighted by molar-refractivity contribution is 0.607. The van der Waals surface area contributed by atoms with E-state index in [1.165, 1.54) is 34.4 Å². The molecule has 1 nitrogen and oxygen atoms in total. The minimum atomic E-state index is 0.114. The second-order valence-electron chi connectivity index (χ2n) is 6.88. The monoisotopic (exact) mass is 413 g/mol. The smallest absolute Gasteiger partial charge is 0.0640 e. The zero-order valence-corrected chi connectivity index (χ0v) is 15.7. The van der Waals surface area contributed by atoms with Gasteiger partial charge in [0.1, 0.15) is 0 Å². The molecule has 0 saturated heterocycles. The van der Waals surface area contributed by atoms with E-state index in [2.05, 4.69) is 95.1 Å². The molecule has 0 bridgehead atoms. The summed E-state index contributed by atoms with van der Waals surface area (Å²) in [4.78, 5) is 0. The van der Waals surface area contributed by atoms with E-state index >= 15 is 0 Å². The summed E-state index contributed by atoms with van der Waals surface area (Å²) in [5, 5.41) is 0. The Bertz CT molecular complexity index is 834. The van der Waals surface area contributed by atoms with E-state index in [1.807, 2.05) is 0 Å². The number of anilines is 1. The van der Waals surface area contributed by atoms with Crippen LogP contribution < -0.4 is 3.11 Å². The molecule has 1 aromatic rings. The van der Waals surface area contributed by atoms with Gasteiger partial charge in [-0.25, -0.2) is 0 Å². The average molecular weight is 413 g/mol. The number of rotatable bonds is 0. The lowest BCUT2D eigenvalue weighted by Crippen LogP contribution is -2.18. The molecule has 116 valence electrons. The predicted molar refractivity (Wildman–Crippen MR) is 109 cm³/mol. The molecule has 0 N–H and O–H groups in total. The van der Waals surface area contributed by atoms with Crippen molar-refractivity contribution in [3.05, 3.63) is 77.6 Å². The topological polar surface area (TPSA) is 3.24 Å². The predicted octanol–water partition coefficient (Wildman–Crippen LogP) is 6.33. The van der Waals surface area contributed by atoms with Crippen molar-refractivity contribution in [2.24, 2.45) is 0 Å². The molecular formula is C21H20IN. The van der Waals surface area contributed by atoms with Crippen molar-refractivity contribution in [1.29, 1.82) is 0 Å². The van der Waals surface area contributed by atoms with Gasteiger partial charge in [-0.05, 0) is 47.3 Å². The fraction of sp³-hybridized carbons (Fsp3) is 0.238. The first-order valence-electron chi connectivity index (χ1n) is 8.09. The first-order chi connectivity index (χ1) is 11.0. The van der Waals surface area contributed by atoms with Gasteiger partial charge in [0, 0.05) is 17.2 Å². The van der Waals surface area contributed by atoms with Crippen LogP contribution in [0.15, 0.2) is 60.9 Å². The maximum Gasteiger partial charge on any atom is 0.0640 e. The summed E-state index contributed by atoms with van der Waals surface area (Å²) in [5.74, 6) is 0. The Kier molecular flexibility index (Phi) is 3.41. The van der Waals surface area contributed by atoms with Gasteiger partial charge in [-0.1, -0.05) is 56.4 Å². The molecule has 0 aromatic heterocycles. The Morgan fingerprint density at radius 1 is 1.13 bits per heavy atom. The molecular weight excluding hydrogens is 393 g/mol. The quantitative estimate of drug-likeness (QED) is 0.355. The standard InChI is InChI=1S/C21H20IN/c1-14-8-6-7-13-23(22)18-12-11-17-20(19(14)18)15-9-4-5-10-16(15)21(17,2)3/h4,6-9,11-13H,1,5,10H2,2-3H3/b8-6-,13-7-. The van der Waals surface area contributed by atoms with Crippen molar-refractivity contribution < 1.29 is 0 Å². The highest BCUT2D eigenvalue weighted by molar-refractivity contribution is 14.1. The number of nitrogens with zero attached hydrogens (tertiary/aromatic N) is 1. The number of hydrogen-bond donors (Lipinski definition) is 0. The summed E-state index contributed by atoms with van der Waals surface area (Å²) in [7, 11) is 0. The normalized spacial score (nSPS) is 23.8. The SMILES string of the molecule is C=C1/C=C\C=C/N(I)c2ccc3c(c21)C1=C(CCC=C1)C3(C)C. The van der Waals surface area contributed by atoms with E-state index in [4.69, 9.17) is 0 Å². The van der Waals surface area contributed by atoms with Gasteiger partial charge in [0.2, 0.25) is 0 Å². The molecule has 0 saturated carbocycles. The fourth-order valence-corrected chi connectivity index (χ4v) is 4.65. The third kappa shape index (κ3) is 2.11. The molecule has 2 heteroatoms. The van der Waals surface area contributed by atoms with Crippen molar-refractivity contribution in [2.75, 3.05) is 3.11 Å². The number of hydrogen-bond acceptors (Lipinski definition) is 1. The third-order valence-electron chi connectivity index (χ3n) is 5.23. The minimum Gasteiger partial charge on any atom is -0.290 e. The van der Waals surface area contributed by atoms with Gasteiger partial charge in [0.25, 0.3) is 0 Å². The number of fused-ring (bicyclic) bond motifs is 4.